The second-order valence-electron chi connectivity index (χ2n) is 6.28. The smallest absolute Gasteiger partial charge is 0.103 e. The van der Waals surface area contributed by atoms with Crippen LogP contribution in [0.5, 0.6) is 0 Å². The Morgan fingerprint density at radius 3 is 2.00 bits per heavy atom. The number of para-hydroxylation sites is 2. The van der Waals surface area contributed by atoms with Gasteiger partial charge < -0.3 is 5.32 Å². The fraction of sp³-hybridized carbons (Fsp3) is 0.350. The molecule has 2 heteroatoms. The molecule has 0 unspecified atom stereocenters. The van der Waals surface area contributed by atoms with Gasteiger partial charge in [-0.3, -0.25) is 0 Å². The van der Waals surface area contributed by atoms with E-state index in [9.17, 15) is 0 Å². The zero-order valence-electron chi connectivity index (χ0n) is 14.2. The molecular formula is C20H26N2. The SMILES string of the molecule is CC(=Nc1ccccc1C(C)C)Nc1ccccc1C(C)C. The molecule has 0 fully saturated rings. The minimum atomic E-state index is 0.468. The maximum absolute atomic E-state index is 4.78. The van der Waals surface area contributed by atoms with Crippen LogP contribution in [-0.4, -0.2) is 5.84 Å². The zero-order valence-corrected chi connectivity index (χ0v) is 14.2. The van der Waals surface area contributed by atoms with Gasteiger partial charge in [0.15, 0.2) is 0 Å². The number of hydrogen-bond donors (Lipinski definition) is 1. The van der Waals surface area contributed by atoms with E-state index in [4.69, 9.17) is 4.99 Å². The monoisotopic (exact) mass is 294 g/mol. The molecule has 0 amide bonds. The first-order chi connectivity index (χ1) is 10.5. The van der Waals surface area contributed by atoms with E-state index < -0.39 is 0 Å². The first-order valence-electron chi connectivity index (χ1n) is 7.99. The van der Waals surface area contributed by atoms with Crippen molar-refractivity contribution in [1.29, 1.82) is 0 Å². The van der Waals surface area contributed by atoms with Crippen molar-refractivity contribution in [3.05, 3.63) is 59.7 Å². The Hall–Kier alpha value is -2.09. The van der Waals surface area contributed by atoms with Crippen LogP contribution in [0.3, 0.4) is 0 Å². The van der Waals surface area contributed by atoms with Crippen LogP contribution in [-0.2, 0) is 0 Å². The highest BCUT2D eigenvalue weighted by Crippen LogP contribution is 2.27. The average Bonchev–Trinajstić information content (AvgIpc) is 2.47. The first kappa shape index (κ1) is 16.3. The maximum Gasteiger partial charge on any atom is 0.103 e. The highest BCUT2D eigenvalue weighted by Gasteiger charge is 2.08. The molecule has 0 saturated carbocycles. The second kappa shape index (κ2) is 7.26. The van der Waals surface area contributed by atoms with Crippen LogP contribution in [0.1, 0.15) is 57.6 Å². The number of anilines is 1. The van der Waals surface area contributed by atoms with Gasteiger partial charge in [-0.05, 0) is 42.0 Å². The van der Waals surface area contributed by atoms with Crippen molar-refractivity contribution < 1.29 is 0 Å². The number of nitrogens with one attached hydrogen (secondary N) is 1. The Labute approximate surface area is 134 Å². The third-order valence-electron chi connectivity index (χ3n) is 3.75. The van der Waals surface area contributed by atoms with E-state index in [0.717, 1.165) is 17.2 Å². The molecule has 2 nitrogen and oxygen atoms in total. The van der Waals surface area contributed by atoms with Gasteiger partial charge in [0.2, 0.25) is 0 Å². The van der Waals surface area contributed by atoms with E-state index in [-0.39, 0.29) is 0 Å². The molecule has 2 aromatic rings. The van der Waals surface area contributed by atoms with Crippen LogP contribution in [0.15, 0.2) is 53.5 Å². The van der Waals surface area contributed by atoms with Gasteiger partial charge in [0.05, 0.1) is 5.69 Å². The van der Waals surface area contributed by atoms with E-state index in [1.54, 1.807) is 0 Å². The molecule has 0 radical (unpaired) electrons. The van der Waals surface area contributed by atoms with Gasteiger partial charge in [0.1, 0.15) is 5.84 Å². The van der Waals surface area contributed by atoms with Gasteiger partial charge in [-0.1, -0.05) is 64.1 Å². The number of nitrogens with zero attached hydrogens (tertiary/aromatic N) is 1. The van der Waals surface area contributed by atoms with Crippen LogP contribution in [0.2, 0.25) is 0 Å². The maximum atomic E-state index is 4.78. The second-order valence-corrected chi connectivity index (χ2v) is 6.28. The lowest BCUT2D eigenvalue weighted by Gasteiger charge is -2.15. The fourth-order valence-corrected chi connectivity index (χ4v) is 2.60. The lowest BCUT2D eigenvalue weighted by molar-refractivity contribution is 0.866. The van der Waals surface area contributed by atoms with Crippen molar-refractivity contribution in [2.75, 3.05) is 5.32 Å². The zero-order chi connectivity index (χ0) is 16.1. The summed E-state index contributed by atoms with van der Waals surface area (Å²) in [6, 6.07) is 16.8. The molecule has 116 valence electrons. The molecule has 0 bridgehead atoms. The molecule has 2 aromatic carbocycles. The summed E-state index contributed by atoms with van der Waals surface area (Å²) in [5.74, 6) is 1.87. The Kier molecular flexibility index (Phi) is 5.37. The summed E-state index contributed by atoms with van der Waals surface area (Å²) in [5, 5.41) is 3.46. The molecule has 22 heavy (non-hydrogen) atoms. The lowest BCUT2D eigenvalue weighted by Crippen LogP contribution is -2.09. The van der Waals surface area contributed by atoms with Crippen molar-refractivity contribution in [1.82, 2.24) is 0 Å². The molecule has 2 rings (SSSR count). The number of aliphatic imine (C=N–C) groups is 1. The molecule has 0 aliphatic heterocycles. The number of rotatable bonds is 4. The number of amidine groups is 1. The van der Waals surface area contributed by atoms with Gasteiger partial charge >= 0.3 is 0 Å². The number of hydrogen-bond acceptors (Lipinski definition) is 1. The minimum Gasteiger partial charge on any atom is -0.344 e. The van der Waals surface area contributed by atoms with Crippen molar-refractivity contribution in [2.24, 2.45) is 4.99 Å². The summed E-state index contributed by atoms with van der Waals surface area (Å²) in [4.78, 5) is 4.78. The van der Waals surface area contributed by atoms with E-state index in [0.29, 0.717) is 11.8 Å². The van der Waals surface area contributed by atoms with Crippen LogP contribution in [0.25, 0.3) is 0 Å². The molecule has 0 aliphatic carbocycles. The Morgan fingerprint density at radius 2 is 1.36 bits per heavy atom. The summed E-state index contributed by atoms with van der Waals surface area (Å²) < 4.78 is 0. The van der Waals surface area contributed by atoms with Crippen LogP contribution in [0.4, 0.5) is 11.4 Å². The van der Waals surface area contributed by atoms with Crippen molar-refractivity contribution >= 4 is 17.2 Å². The third-order valence-corrected chi connectivity index (χ3v) is 3.75. The van der Waals surface area contributed by atoms with E-state index in [1.807, 2.05) is 13.0 Å². The molecule has 0 spiro atoms. The fourth-order valence-electron chi connectivity index (χ4n) is 2.60. The molecule has 0 heterocycles. The molecule has 0 saturated heterocycles. The standard InChI is InChI=1S/C20H26N2/c1-14(2)17-10-6-8-12-19(17)21-16(5)22-20-13-9-7-11-18(20)15(3)4/h6-15H,1-5H3,(H,21,22). The number of benzene rings is 2. The summed E-state index contributed by atoms with van der Waals surface area (Å²) in [5.41, 5.74) is 4.78. The summed E-state index contributed by atoms with van der Waals surface area (Å²) >= 11 is 0. The third kappa shape index (κ3) is 3.97. The molecule has 0 atom stereocenters. The van der Waals surface area contributed by atoms with Gasteiger partial charge in [0.25, 0.3) is 0 Å². The summed E-state index contributed by atoms with van der Waals surface area (Å²) in [6.07, 6.45) is 0. The highest BCUT2D eigenvalue weighted by molar-refractivity contribution is 5.96. The summed E-state index contributed by atoms with van der Waals surface area (Å²) in [6.45, 7) is 10.8. The molecule has 0 aliphatic rings. The molecular weight excluding hydrogens is 268 g/mol. The predicted octanol–water partition coefficient (Wildman–Crippen LogP) is 6.10. The lowest BCUT2D eigenvalue weighted by atomic mass is 10.0. The average molecular weight is 294 g/mol. The quantitative estimate of drug-likeness (QED) is 0.535. The largest absolute Gasteiger partial charge is 0.344 e. The van der Waals surface area contributed by atoms with Crippen molar-refractivity contribution in [3.63, 3.8) is 0 Å². The van der Waals surface area contributed by atoms with E-state index in [2.05, 4.69) is 75.5 Å². The van der Waals surface area contributed by atoms with Gasteiger partial charge in [-0.2, -0.15) is 0 Å². The molecule has 1 N–H and O–H groups in total. The van der Waals surface area contributed by atoms with Crippen molar-refractivity contribution in [3.8, 4) is 0 Å². The van der Waals surface area contributed by atoms with Crippen LogP contribution < -0.4 is 5.32 Å². The Bertz CT molecular complexity index is 654. The van der Waals surface area contributed by atoms with Gasteiger partial charge in [-0.25, -0.2) is 4.99 Å². The van der Waals surface area contributed by atoms with E-state index >= 15 is 0 Å². The van der Waals surface area contributed by atoms with Crippen LogP contribution >= 0.6 is 0 Å². The van der Waals surface area contributed by atoms with Crippen molar-refractivity contribution in [2.45, 2.75) is 46.5 Å². The predicted molar refractivity (Wildman–Crippen MR) is 97.5 cm³/mol. The topological polar surface area (TPSA) is 24.4 Å². The summed E-state index contributed by atoms with van der Waals surface area (Å²) in [7, 11) is 0. The highest BCUT2D eigenvalue weighted by atomic mass is 15.0. The minimum absolute atomic E-state index is 0.468. The van der Waals surface area contributed by atoms with Gasteiger partial charge in [0, 0.05) is 5.69 Å². The van der Waals surface area contributed by atoms with E-state index in [1.165, 1.54) is 11.1 Å². The normalized spacial score (nSPS) is 12.0. The van der Waals surface area contributed by atoms with Gasteiger partial charge in [-0.15, -0.1) is 0 Å². The first-order valence-corrected chi connectivity index (χ1v) is 7.99. The Balaban J connectivity index is 2.28. The Morgan fingerprint density at radius 1 is 0.818 bits per heavy atom. The van der Waals surface area contributed by atoms with Crippen LogP contribution in [0, 0.1) is 0 Å². The molecule has 0 aromatic heterocycles.